The van der Waals surface area contributed by atoms with Gasteiger partial charge in [0.25, 0.3) is 0 Å². The summed E-state index contributed by atoms with van der Waals surface area (Å²) in [7, 11) is 0. The fraction of sp³-hybridized carbons (Fsp3) is 0.0500. The fourth-order valence-electron chi connectivity index (χ4n) is 2.40. The molecule has 26 heavy (non-hydrogen) atoms. The first-order valence-corrected chi connectivity index (χ1v) is 8.58. The highest BCUT2D eigenvalue weighted by Crippen LogP contribution is 2.37. The molecule has 128 valence electrons. The van der Waals surface area contributed by atoms with E-state index < -0.39 is 11.2 Å². The van der Waals surface area contributed by atoms with E-state index >= 15 is 0 Å². The van der Waals surface area contributed by atoms with Gasteiger partial charge in [0.15, 0.2) is 0 Å². The Labute approximate surface area is 153 Å². The third-order valence-corrected chi connectivity index (χ3v) is 4.92. The molecule has 6 heteroatoms. The molecule has 1 atom stereocenters. The molecule has 0 saturated heterocycles. The molecule has 0 bridgehead atoms. The van der Waals surface area contributed by atoms with Gasteiger partial charge in [-0.25, -0.2) is 9.37 Å². The lowest BCUT2D eigenvalue weighted by atomic mass is 10.1. The maximum Gasteiger partial charge on any atom is 0.321 e. The van der Waals surface area contributed by atoms with Crippen molar-refractivity contribution in [3.05, 3.63) is 83.7 Å². The SMILES string of the molecule is N#Cc1ccc(-c2ccc(F)cc2)nc1SC(C(=O)O)c1ccccc1. The molecule has 0 aliphatic rings. The molecule has 0 amide bonds. The van der Waals surface area contributed by atoms with Gasteiger partial charge in [0, 0.05) is 5.56 Å². The molecule has 3 rings (SSSR count). The smallest absolute Gasteiger partial charge is 0.321 e. The van der Waals surface area contributed by atoms with E-state index in [2.05, 4.69) is 4.98 Å². The van der Waals surface area contributed by atoms with E-state index in [9.17, 15) is 19.6 Å². The van der Waals surface area contributed by atoms with Crippen LogP contribution >= 0.6 is 11.8 Å². The van der Waals surface area contributed by atoms with Gasteiger partial charge in [0.1, 0.15) is 22.2 Å². The predicted octanol–water partition coefficient (Wildman–Crippen LogP) is 4.68. The summed E-state index contributed by atoms with van der Waals surface area (Å²) in [5.74, 6) is -1.37. The van der Waals surface area contributed by atoms with Crippen LogP contribution < -0.4 is 0 Å². The first-order valence-electron chi connectivity index (χ1n) is 7.70. The Hall–Kier alpha value is -3.17. The molecule has 3 aromatic rings. The number of benzene rings is 2. The van der Waals surface area contributed by atoms with E-state index in [0.717, 1.165) is 11.8 Å². The predicted molar refractivity (Wildman–Crippen MR) is 97.0 cm³/mol. The van der Waals surface area contributed by atoms with Crippen LogP contribution in [0.5, 0.6) is 0 Å². The van der Waals surface area contributed by atoms with Crippen LogP contribution in [-0.4, -0.2) is 16.1 Å². The van der Waals surface area contributed by atoms with E-state index in [1.54, 1.807) is 54.6 Å². The number of carbonyl (C=O) groups is 1. The van der Waals surface area contributed by atoms with E-state index in [0.29, 0.717) is 27.4 Å². The van der Waals surface area contributed by atoms with Gasteiger partial charge in [-0.15, -0.1) is 0 Å². The standard InChI is InChI=1S/C20H13FN2O2S/c21-16-9-6-13(7-10-16)17-11-8-15(12-22)19(23-17)26-18(20(24)25)14-4-2-1-3-5-14/h1-11,18H,(H,24,25). The molecule has 0 radical (unpaired) electrons. The highest BCUT2D eigenvalue weighted by Gasteiger charge is 2.23. The summed E-state index contributed by atoms with van der Waals surface area (Å²) in [6, 6.07) is 19.9. The van der Waals surface area contributed by atoms with Gasteiger partial charge in [-0.05, 0) is 42.0 Å². The zero-order chi connectivity index (χ0) is 18.5. The summed E-state index contributed by atoms with van der Waals surface area (Å²) in [5, 5.41) is 18.4. The number of pyridine rings is 1. The van der Waals surface area contributed by atoms with Crippen molar-refractivity contribution in [3.63, 3.8) is 0 Å². The highest BCUT2D eigenvalue weighted by atomic mass is 32.2. The lowest BCUT2D eigenvalue weighted by Crippen LogP contribution is -2.08. The van der Waals surface area contributed by atoms with Crippen LogP contribution in [-0.2, 0) is 4.79 Å². The molecule has 0 saturated carbocycles. The zero-order valence-corrected chi connectivity index (χ0v) is 14.3. The minimum Gasteiger partial charge on any atom is -0.480 e. The maximum atomic E-state index is 13.1. The van der Waals surface area contributed by atoms with Crippen LogP contribution in [0, 0.1) is 17.1 Å². The summed E-state index contributed by atoms with van der Waals surface area (Å²) >= 11 is 1.01. The first kappa shape index (κ1) is 17.6. The lowest BCUT2D eigenvalue weighted by molar-refractivity contribution is -0.136. The Morgan fingerprint density at radius 2 is 1.77 bits per heavy atom. The average Bonchev–Trinajstić information content (AvgIpc) is 2.67. The molecule has 0 spiro atoms. The number of halogens is 1. The Kier molecular flexibility index (Phi) is 5.30. The van der Waals surface area contributed by atoms with Crippen molar-refractivity contribution in [1.82, 2.24) is 4.98 Å². The molecule has 1 heterocycles. The molecule has 1 N–H and O–H groups in total. The third kappa shape index (κ3) is 3.90. The monoisotopic (exact) mass is 364 g/mol. The van der Waals surface area contributed by atoms with E-state index in [1.807, 2.05) is 6.07 Å². The van der Waals surface area contributed by atoms with Gasteiger partial charge in [-0.2, -0.15) is 5.26 Å². The number of rotatable bonds is 5. The molecule has 4 nitrogen and oxygen atoms in total. The summed E-state index contributed by atoms with van der Waals surface area (Å²) in [6.45, 7) is 0. The van der Waals surface area contributed by atoms with Crippen molar-refractivity contribution >= 4 is 17.7 Å². The molecule has 2 aromatic carbocycles. The Bertz CT molecular complexity index is 969. The summed E-state index contributed by atoms with van der Waals surface area (Å²) < 4.78 is 13.1. The topological polar surface area (TPSA) is 74.0 Å². The first-order chi connectivity index (χ1) is 12.6. The number of hydrogen-bond donors (Lipinski definition) is 1. The van der Waals surface area contributed by atoms with Crippen LogP contribution in [0.15, 0.2) is 71.8 Å². The van der Waals surface area contributed by atoms with Crippen LogP contribution in [0.2, 0.25) is 0 Å². The molecular formula is C20H13FN2O2S. The Balaban J connectivity index is 2.00. The molecule has 0 aliphatic heterocycles. The van der Waals surface area contributed by atoms with E-state index in [-0.39, 0.29) is 5.82 Å². The molecule has 0 fully saturated rings. The number of nitriles is 1. The minimum atomic E-state index is -1.01. The fourth-order valence-corrected chi connectivity index (χ4v) is 3.41. The van der Waals surface area contributed by atoms with E-state index in [1.165, 1.54) is 12.1 Å². The van der Waals surface area contributed by atoms with Crippen LogP contribution in [0.25, 0.3) is 11.3 Å². The third-order valence-electron chi connectivity index (χ3n) is 3.68. The molecular weight excluding hydrogens is 351 g/mol. The number of carboxylic acid groups (broad SMARTS) is 1. The van der Waals surface area contributed by atoms with Gasteiger partial charge >= 0.3 is 5.97 Å². The number of aliphatic carboxylic acids is 1. The van der Waals surface area contributed by atoms with Crippen molar-refractivity contribution in [1.29, 1.82) is 5.26 Å². The summed E-state index contributed by atoms with van der Waals surface area (Å²) in [4.78, 5) is 16.2. The Morgan fingerprint density at radius 1 is 1.08 bits per heavy atom. The number of thioether (sulfide) groups is 1. The van der Waals surface area contributed by atoms with Gasteiger partial charge < -0.3 is 5.11 Å². The van der Waals surface area contributed by atoms with Crippen molar-refractivity contribution in [2.24, 2.45) is 0 Å². The second-order valence-corrected chi connectivity index (χ2v) is 6.51. The largest absolute Gasteiger partial charge is 0.480 e. The van der Waals surface area contributed by atoms with Crippen molar-refractivity contribution in [3.8, 4) is 17.3 Å². The van der Waals surface area contributed by atoms with Gasteiger partial charge in [0.2, 0.25) is 0 Å². The van der Waals surface area contributed by atoms with Crippen LogP contribution in [0.3, 0.4) is 0 Å². The maximum absolute atomic E-state index is 13.1. The molecule has 1 unspecified atom stereocenters. The normalized spacial score (nSPS) is 11.5. The summed E-state index contributed by atoms with van der Waals surface area (Å²) in [6.07, 6.45) is 0. The average molecular weight is 364 g/mol. The van der Waals surface area contributed by atoms with Gasteiger partial charge in [0.05, 0.1) is 11.3 Å². The van der Waals surface area contributed by atoms with E-state index in [4.69, 9.17) is 0 Å². The lowest BCUT2D eigenvalue weighted by Gasteiger charge is -2.13. The Morgan fingerprint density at radius 3 is 2.38 bits per heavy atom. The number of aromatic nitrogens is 1. The van der Waals surface area contributed by atoms with Gasteiger partial charge in [-0.3, -0.25) is 4.79 Å². The van der Waals surface area contributed by atoms with Crippen molar-refractivity contribution in [2.45, 2.75) is 10.3 Å². The van der Waals surface area contributed by atoms with Crippen LogP contribution in [0.4, 0.5) is 4.39 Å². The minimum absolute atomic E-state index is 0.294. The second kappa shape index (κ2) is 7.81. The van der Waals surface area contributed by atoms with Crippen molar-refractivity contribution in [2.75, 3.05) is 0 Å². The summed E-state index contributed by atoms with van der Waals surface area (Å²) in [5.41, 5.74) is 2.14. The quantitative estimate of drug-likeness (QED) is 0.666. The number of nitrogens with zero attached hydrogens (tertiary/aromatic N) is 2. The highest BCUT2D eigenvalue weighted by molar-refractivity contribution is 8.00. The van der Waals surface area contributed by atoms with Gasteiger partial charge in [-0.1, -0.05) is 42.1 Å². The van der Waals surface area contributed by atoms with Crippen molar-refractivity contribution < 1.29 is 14.3 Å². The number of hydrogen-bond acceptors (Lipinski definition) is 4. The molecule has 0 aliphatic carbocycles. The second-order valence-electron chi connectivity index (χ2n) is 5.41. The molecule has 1 aromatic heterocycles. The zero-order valence-electron chi connectivity index (χ0n) is 13.5. The van der Waals surface area contributed by atoms with Crippen LogP contribution in [0.1, 0.15) is 16.4 Å². The number of carboxylic acids is 1.